The maximum Gasteiger partial charge on any atom is 0.0558 e. The lowest BCUT2D eigenvalue weighted by molar-refractivity contribution is 0.190. The fraction of sp³-hybridized carbons (Fsp3) is 0.600. The Morgan fingerprint density at radius 2 is 2.00 bits per heavy atom. The van der Waals surface area contributed by atoms with E-state index in [1.54, 1.807) is 5.56 Å². The summed E-state index contributed by atoms with van der Waals surface area (Å²) >= 11 is 0. The highest BCUT2D eigenvalue weighted by Gasteiger charge is 2.12. The number of benzene rings is 1. The molecule has 94 valence electrons. The van der Waals surface area contributed by atoms with Crippen molar-refractivity contribution in [2.24, 2.45) is 0 Å². The summed E-state index contributed by atoms with van der Waals surface area (Å²) in [6.07, 6.45) is 4.96. The zero-order chi connectivity index (χ0) is 12.1. The van der Waals surface area contributed by atoms with Crippen LogP contribution in [0.3, 0.4) is 0 Å². The van der Waals surface area contributed by atoms with Crippen LogP contribution in [0.5, 0.6) is 0 Å². The molecule has 0 saturated heterocycles. The lowest BCUT2D eigenvalue weighted by Gasteiger charge is -2.20. The first-order valence-corrected chi connectivity index (χ1v) is 6.77. The number of rotatable bonds is 6. The Bertz CT molecular complexity index is 356. The number of hydrogen-bond donors (Lipinski definition) is 1. The molecular weight excluding hydrogens is 210 g/mol. The highest BCUT2D eigenvalue weighted by atomic mass is 16.3. The van der Waals surface area contributed by atoms with Crippen LogP contribution < -0.4 is 0 Å². The Kier molecular flexibility index (Phi) is 4.57. The van der Waals surface area contributed by atoms with E-state index in [9.17, 15) is 0 Å². The maximum absolute atomic E-state index is 9.05. The quantitative estimate of drug-likeness (QED) is 0.815. The molecule has 0 fully saturated rings. The normalized spacial score (nSPS) is 14.3. The van der Waals surface area contributed by atoms with Gasteiger partial charge in [-0.05, 0) is 48.9 Å². The lowest BCUT2D eigenvalue weighted by Crippen LogP contribution is -2.27. The number of nitrogens with zero attached hydrogens (tertiary/aromatic N) is 1. The number of aryl methyl sites for hydroxylation is 2. The molecule has 1 aromatic rings. The molecule has 0 aliphatic heterocycles. The van der Waals surface area contributed by atoms with E-state index in [4.69, 9.17) is 5.11 Å². The van der Waals surface area contributed by atoms with Crippen LogP contribution in [0.25, 0.3) is 0 Å². The van der Waals surface area contributed by atoms with E-state index in [1.807, 2.05) is 0 Å². The summed E-state index contributed by atoms with van der Waals surface area (Å²) in [7, 11) is 0. The summed E-state index contributed by atoms with van der Waals surface area (Å²) in [4.78, 5) is 2.33. The van der Waals surface area contributed by atoms with Gasteiger partial charge in [0.2, 0.25) is 0 Å². The smallest absolute Gasteiger partial charge is 0.0558 e. The van der Waals surface area contributed by atoms with Crippen LogP contribution in [-0.2, 0) is 19.4 Å². The maximum atomic E-state index is 9.05. The van der Waals surface area contributed by atoms with Crippen molar-refractivity contribution < 1.29 is 5.11 Å². The van der Waals surface area contributed by atoms with E-state index in [-0.39, 0.29) is 6.61 Å². The Labute approximate surface area is 104 Å². The SMILES string of the molecule is CCCN(CCO)Cc1ccc2c(c1)CCC2. The fourth-order valence-corrected chi connectivity index (χ4v) is 2.71. The number of aliphatic hydroxyl groups is 1. The van der Waals surface area contributed by atoms with E-state index in [2.05, 4.69) is 30.0 Å². The molecule has 2 rings (SSSR count). The summed E-state index contributed by atoms with van der Waals surface area (Å²) in [5, 5.41) is 9.05. The Hall–Kier alpha value is -0.860. The monoisotopic (exact) mass is 233 g/mol. The zero-order valence-corrected chi connectivity index (χ0v) is 10.8. The molecule has 1 N–H and O–H groups in total. The van der Waals surface area contributed by atoms with E-state index in [1.165, 1.54) is 30.4 Å². The van der Waals surface area contributed by atoms with Gasteiger partial charge in [0.05, 0.1) is 6.61 Å². The van der Waals surface area contributed by atoms with Gasteiger partial charge in [-0.3, -0.25) is 4.90 Å². The van der Waals surface area contributed by atoms with Crippen molar-refractivity contribution in [1.82, 2.24) is 4.90 Å². The van der Waals surface area contributed by atoms with Crippen LogP contribution in [0.1, 0.15) is 36.5 Å². The zero-order valence-electron chi connectivity index (χ0n) is 10.8. The van der Waals surface area contributed by atoms with Gasteiger partial charge in [-0.2, -0.15) is 0 Å². The van der Waals surface area contributed by atoms with Gasteiger partial charge in [-0.25, -0.2) is 0 Å². The fourth-order valence-electron chi connectivity index (χ4n) is 2.71. The molecule has 0 bridgehead atoms. The van der Waals surface area contributed by atoms with Crippen molar-refractivity contribution in [3.8, 4) is 0 Å². The standard InChI is InChI=1S/C15H23NO/c1-2-8-16(9-10-17)12-13-6-7-14-4-3-5-15(14)11-13/h6-7,11,17H,2-5,8-10,12H2,1H3. The van der Waals surface area contributed by atoms with Crippen molar-refractivity contribution in [2.45, 2.75) is 39.2 Å². The lowest BCUT2D eigenvalue weighted by atomic mass is 10.1. The number of hydrogen-bond acceptors (Lipinski definition) is 2. The van der Waals surface area contributed by atoms with Crippen molar-refractivity contribution in [3.63, 3.8) is 0 Å². The van der Waals surface area contributed by atoms with E-state index in [0.717, 1.165) is 26.1 Å². The molecule has 1 aromatic carbocycles. The van der Waals surface area contributed by atoms with Crippen LogP contribution in [0.4, 0.5) is 0 Å². The molecule has 0 unspecified atom stereocenters. The van der Waals surface area contributed by atoms with Gasteiger partial charge in [-0.15, -0.1) is 0 Å². The molecule has 1 aliphatic rings. The second-order valence-electron chi connectivity index (χ2n) is 4.96. The molecule has 0 spiro atoms. The van der Waals surface area contributed by atoms with Crippen molar-refractivity contribution in [1.29, 1.82) is 0 Å². The van der Waals surface area contributed by atoms with Crippen molar-refractivity contribution in [2.75, 3.05) is 19.7 Å². The largest absolute Gasteiger partial charge is 0.395 e. The van der Waals surface area contributed by atoms with Crippen LogP contribution in [0.2, 0.25) is 0 Å². The molecule has 0 amide bonds. The van der Waals surface area contributed by atoms with Gasteiger partial charge in [0, 0.05) is 13.1 Å². The second kappa shape index (κ2) is 6.18. The average Bonchev–Trinajstić information content (AvgIpc) is 2.77. The first kappa shape index (κ1) is 12.6. The van der Waals surface area contributed by atoms with E-state index in [0.29, 0.717) is 0 Å². The van der Waals surface area contributed by atoms with E-state index >= 15 is 0 Å². The average molecular weight is 233 g/mol. The summed E-state index contributed by atoms with van der Waals surface area (Å²) < 4.78 is 0. The van der Waals surface area contributed by atoms with Gasteiger partial charge < -0.3 is 5.11 Å². The van der Waals surface area contributed by atoms with Gasteiger partial charge >= 0.3 is 0 Å². The van der Waals surface area contributed by atoms with Gasteiger partial charge in [0.25, 0.3) is 0 Å². The summed E-state index contributed by atoms with van der Waals surface area (Å²) in [6.45, 7) is 5.27. The first-order chi connectivity index (χ1) is 8.33. The third-order valence-electron chi connectivity index (χ3n) is 3.53. The topological polar surface area (TPSA) is 23.5 Å². The molecule has 0 atom stereocenters. The highest BCUT2D eigenvalue weighted by Crippen LogP contribution is 2.23. The molecule has 17 heavy (non-hydrogen) atoms. The Morgan fingerprint density at radius 1 is 1.18 bits per heavy atom. The van der Waals surface area contributed by atoms with Crippen LogP contribution in [-0.4, -0.2) is 29.7 Å². The van der Waals surface area contributed by atoms with Crippen molar-refractivity contribution in [3.05, 3.63) is 34.9 Å². The molecule has 0 heterocycles. The Balaban J connectivity index is 2.01. The summed E-state index contributed by atoms with van der Waals surface area (Å²) in [6, 6.07) is 6.91. The third kappa shape index (κ3) is 3.30. The molecule has 0 saturated carbocycles. The minimum absolute atomic E-state index is 0.255. The molecule has 2 nitrogen and oxygen atoms in total. The van der Waals surface area contributed by atoms with Gasteiger partial charge in [-0.1, -0.05) is 25.1 Å². The van der Waals surface area contributed by atoms with Crippen molar-refractivity contribution >= 4 is 0 Å². The number of aliphatic hydroxyl groups excluding tert-OH is 1. The van der Waals surface area contributed by atoms with E-state index < -0.39 is 0 Å². The van der Waals surface area contributed by atoms with Crippen LogP contribution >= 0.6 is 0 Å². The predicted octanol–water partition coefficient (Wildman–Crippen LogP) is 2.38. The molecular formula is C15H23NO. The molecule has 0 aromatic heterocycles. The minimum atomic E-state index is 0.255. The van der Waals surface area contributed by atoms with Crippen LogP contribution in [0.15, 0.2) is 18.2 Å². The minimum Gasteiger partial charge on any atom is -0.395 e. The molecule has 2 heteroatoms. The predicted molar refractivity (Wildman–Crippen MR) is 71.1 cm³/mol. The summed E-state index contributed by atoms with van der Waals surface area (Å²) in [5.41, 5.74) is 4.48. The highest BCUT2D eigenvalue weighted by molar-refractivity contribution is 5.35. The van der Waals surface area contributed by atoms with Crippen LogP contribution in [0, 0.1) is 0 Å². The van der Waals surface area contributed by atoms with Gasteiger partial charge in [0.15, 0.2) is 0 Å². The second-order valence-corrected chi connectivity index (χ2v) is 4.96. The first-order valence-electron chi connectivity index (χ1n) is 6.77. The molecule has 1 aliphatic carbocycles. The summed E-state index contributed by atoms with van der Waals surface area (Å²) in [5.74, 6) is 0. The number of fused-ring (bicyclic) bond motifs is 1. The third-order valence-corrected chi connectivity index (χ3v) is 3.53. The van der Waals surface area contributed by atoms with Gasteiger partial charge in [0.1, 0.15) is 0 Å². The Morgan fingerprint density at radius 3 is 2.76 bits per heavy atom. The molecule has 0 radical (unpaired) electrons.